The Morgan fingerprint density at radius 2 is 0.899 bits per heavy atom. The number of rotatable bonds is 16. The summed E-state index contributed by atoms with van der Waals surface area (Å²) in [5.74, 6) is 1.03. The van der Waals surface area contributed by atoms with Gasteiger partial charge in [-0.15, -0.1) is 0 Å². The summed E-state index contributed by atoms with van der Waals surface area (Å²) in [4.78, 5) is 7.70. The van der Waals surface area contributed by atoms with Gasteiger partial charge in [0.2, 0.25) is 0 Å². The second kappa shape index (κ2) is 23.3. The SMILES string of the molecule is CCCN1/C(=C/C=C2\CCC/C(=C\C=C3\N(CCC)c4ccccc4C3(C)C)C2=N[I-]OC2=C(/C=C/C3=[N+](CCC)c4ccccc4C3(C)C)CCC/C2=C\C=C2\N(CCC)c3ccccc3C2(C)C)C(C)(C)c2ccccc21. The molecule has 4 aliphatic heterocycles. The molecule has 4 aromatic rings. The van der Waals surface area contributed by atoms with E-state index in [1.807, 2.05) is 0 Å². The van der Waals surface area contributed by atoms with Crippen LogP contribution in [0.5, 0.6) is 0 Å². The topological polar surface area (TPSA) is 34.3 Å². The van der Waals surface area contributed by atoms with Crippen molar-refractivity contribution in [3.05, 3.63) is 213 Å². The second-order valence-corrected chi connectivity index (χ2v) is 26.1. The first-order valence-electron chi connectivity index (χ1n) is 30.0. The number of hydrogen-bond acceptors (Lipinski definition) is 5. The molecule has 0 aromatic heterocycles. The van der Waals surface area contributed by atoms with Gasteiger partial charge in [-0.3, -0.25) is 0 Å². The third-order valence-electron chi connectivity index (χ3n) is 18.0. The summed E-state index contributed by atoms with van der Waals surface area (Å²) in [5, 5.41) is 0. The maximum absolute atomic E-state index is 7.43. The summed E-state index contributed by atoms with van der Waals surface area (Å²) >= 11 is -1.15. The van der Waals surface area contributed by atoms with Gasteiger partial charge in [0, 0.05) is 0 Å². The van der Waals surface area contributed by atoms with E-state index in [-0.39, 0.29) is 21.7 Å². The summed E-state index contributed by atoms with van der Waals surface area (Å²) in [5.41, 5.74) is 22.1. The van der Waals surface area contributed by atoms with E-state index in [9.17, 15) is 0 Å². The van der Waals surface area contributed by atoms with Crippen molar-refractivity contribution in [3.8, 4) is 0 Å². The van der Waals surface area contributed by atoms with E-state index in [1.165, 1.54) is 90.1 Å². The van der Waals surface area contributed by atoms with Crippen LogP contribution in [0.25, 0.3) is 0 Å². The normalized spacial score (nSPS) is 22.9. The van der Waals surface area contributed by atoms with Crippen molar-refractivity contribution in [1.82, 2.24) is 0 Å². The summed E-state index contributed by atoms with van der Waals surface area (Å²) in [7, 11) is 0. The summed E-state index contributed by atoms with van der Waals surface area (Å²) in [6.07, 6.45) is 29.8. The van der Waals surface area contributed by atoms with Gasteiger partial charge in [-0.05, 0) is 0 Å². The molecule has 6 aliphatic rings. The van der Waals surface area contributed by atoms with Crippen molar-refractivity contribution in [3.63, 3.8) is 0 Å². The van der Waals surface area contributed by atoms with Crippen molar-refractivity contribution in [2.75, 3.05) is 40.9 Å². The molecule has 0 amide bonds. The summed E-state index contributed by atoms with van der Waals surface area (Å²) < 4.78 is 15.8. The fraction of sp³-hybridized carbons (Fsp3) is 0.417. The van der Waals surface area contributed by atoms with Gasteiger partial charge in [-0.25, -0.2) is 0 Å². The van der Waals surface area contributed by atoms with Gasteiger partial charge in [0.1, 0.15) is 0 Å². The molecule has 1 saturated carbocycles. The molecule has 4 heterocycles. The Morgan fingerprint density at radius 3 is 1.37 bits per heavy atom. The molecular formula is C72H88IN5O. The number of allylic oxidation sites excluding steroid dienone is 15. The summed E-state index contributed by atoms with van der Waals surface area (Å²) in [6, 6.07) is 36.1. The predicted molar refractivity (Wildman–Crippen MR) is 332 cm³/mol. The van der Waals surface area contributed by atoms with Crippen LogP contribution in [-0.4, -0.2) is 42.2 Å². The number of benzene rings is 4. The Labute approximate surface area is 486 Å². The number of fused-ring (bicyclic) bond motifs is 4. The molecule has 1 fully saturated rings. The molecule has 10 rings (SSSR count). The van der Waals surface area contributed by atoms with Crippen LogP contribution in [0, 0.1) is 0 Å². The first-order chi connectivity index (χ1) is 38.1. The monoisotopic (exact) mass is 1170 g/mol. The van der Waals surface area contributed by atoms with Gasteiger partial charge in [-0.2, -0.15) is 0 Å². The molecule has 2 aliphatic carbocycles. The molecule has 0 radical (unpaired) electrons. The van der Waals surface area contributed by atoms with Crippen LogP contribution in [0.15, 0.2) is 194 Å². The average Bonchev–Trinajstić information content (AvgIpc) is 4.24. The minimum absolute atomic E-state index is 0.123. The van der Waals surface area contributed by atoms with E-state index >= 15 is 0 Å². The van der Waals surface area contributed by atoms with Crippen molar-refractivity contribution in [1.29, 1.82) is 0 Å². The van der Waals surface area contributed by atoms with Crippen molar-refractivity contribution in [2.45, 2.75) is 169 Å². The van der Waals surface area contributed by atoms with Crippen LogP contribution in [0.2, 0.25) is 0 Å². The molecule has 0 atom stereocenters. The fourth-order valence-electron chi connectivity index (χ4n) is 13.9. The van der Waals surface area contributed by atoms with E-state index in [2.05, 4.69) is 248 Å². The quantitative estimate of drug-likeness (QED) is 0.0827. The van der Waals surface area contributed by atoms with Gasteiger partial charge in [-0.1, -0.05) is 0 Å². The molecule has 4 aromatic carbocycles. The van der Waals surface area contributed by atoms with Crippen LogP contribution in [0.1, 0.15) is 170 Å². The third-order valence-corrected chi connectivity index (χ3v) is 19.3. The first-order valence-corrected chi connectivity index (χ1v) is 31.8. The Hall–Kier alpha value is -5.93. The van der Waals surface area contributed by atoms with Gasteiger partial charge < -0.3 is 0 Å². The van der Waals surface area contributed by atoms with E-state index in [0.29, 0.717) is 0 Å². The molecule has 6 nitrogen and oxygen atoms in total. The van der Waals surface area contributed by atoms with Crippen molar-refractivity contribution >= 4 is 34.2 Å². The minimum atomic E-state index is -1.15. The number of nitrogens with zero attached hydrogens (tertiary/aromatic N) is 5. The number of anilines is 3. The molecular weight excluding hydrogens is 1080 g/mol. The number of halogens is 1. The number of para-hydroxylation sites is 4. The third kappa shape index (κ3) is 10.4. The first kappa shape index (κ1) is 56.3. The van der Waals surface area contributed by atoms with Crippen LogP contribution >= 0.6 is 0 Å². The zero-order chi connectivity index (χ0) is 55.7. The van der Waals surface area contributed by atoms with E-state index in [0.717, 1.165) is 102 Å². The Balaban J connectivity index is 1.09. The molecule has 0 spiro atoms. The van der Waals surface area contributed by atoms with Crippen LogP contribution in [0.3, 0.4) is 0 Å². The predicted octanol–water partition coefficient (Wildman–Crippen LogP) is 15.1. The fourth-order valence-corrected chi connectivity index (χ4v) is 15.6. The van der Waals surface area contributed by atoms with Crippen molar-refractivity contribution < 1.29 is 29.5 Å². The second-order valence-electron chi connectivity index (χ2n) is 24.8. The van der Waals surface area contributed by atoms with E-state index < -0.39 is 21.9 Å². The standard InChI is InChI=1S/C72H88IN5O/c1-13-47-75-59-35-21-17-31-55(59)69(5,6)63(75)43-39-51-27-25-28-52(40-44-64-70(7,8)56-32-18-22-36-60(56)76(64)48-14-2)67(51)74-73-79-68-53(41-45-65-71(9,10)57-33-19-23-37-61(57)77(65)49-15-3)29-26-30-54(68)42-46-66-72(11,12)58-34-20-24-38-62(58)78(66)50-16-4/h17-24,31-46H,13-16,25-30,47-50H2,1-12H3/b51-39+,52-40+,63-43+,64-44+. The van der Waals surface area contributed by atoms with Crippen LogP contribution < -0.4 is 36.6 Å². The summed E-state index contributed by atoms with van der Waals surface area (Å²) in [6.45, 7) is 32.3. The van der Waals surface area contributed by atoms with E-state index in [4.69, 9.17) is 6.27 Å². The molecule has 0 N–H and O–H groups in total. The van der Waals surface area contributed by atoms with E-state index in [1.54, 1.807) is 0 Å². The van der Waals surface area contributed by atoms with Gasteiger partial charge in [0.05, 0.1) is 0 Å². The number of hydrogen-bond donors (Lipinski definition) is 0. The Bertz CT molecular complexity index is 3200. The average molecular weight is 1170 g/mol. The van der Waals surface area contributed by atoms with Crippen molar-refractivity contribution in [2.24, 2.45) is 3.21 Å². The molecule has 0 saturated heterocycles. The Morgan fingerprint density at radius 1 is 0.481 bits per heavy atom. The molecule has 0 bridgehead atoms. The molecule has 0 unspecified atom stereocenters. The Kier molecular flexibility index (Phi) is 16.6. The van der Waals surface area contributed by atoms with Gasteiger partial charge in [0.15, 0.2) is 0 Å². The molecule has 79 heavy (non-hydrogen) atoms. The van der Waals surface area contributed by atoms with Crippen LogP contribution in [0.4, 0.5) is 22.7 Å². The maximum atomic E-state index is 7.43. The van der Waals surface area contributed by atoms with Crippen LogP contribution in [-0.2, 0) is 24.7 Å². The molecule has 414 valence electrons. The van der Waals surface area contributed by atoms with Gasteiger partial charge in [0.25, 0.3) is 0 Å². The zero-order valence-electron chi connectivity index (χ0n) is 49.8. The zero-order valence-corrected chi connectivity index (χ0v) is 51.9. The molecule has 7 heteroatoms. The van der Waals surface area contributed by atoms with Gasteiger partial charge >= 0.3 is 490 Å².